The zero-order valence-corrected chi connectivity index (χ0v) is 6.13. The second-order valence-electron chi connectivity index (χ2n) is 1.72. The molecule has 0 aliphatic heterocycles. The Morgan fingerprint density at radius 3 is 2.00 bits per heavy atom. The standard InChI is InChI=1S/C4H9BCl2/c1-2-3(5)4(6)7/h3-4H,2,5H2,1H3/t3-/m1/s1. The van der Waals surface area contributed by atoms with Crippen LogP contribution in [0.5, 0.6) is 0 Å². The predicted molar refractivity (Wildman–Crippen MR) is 38.1 cm³/mol. The lowest BCUT2D eigenvalue weighted by Gasteiger charge is -2.05. The molecule has 0 amide bonds. The number of hydrogen-bond acceptors (Lipinski definition) is 0. The molecule has 0 aromatic carbocycles. The highest BCUT2D eigenvalue weighted by molar-refractivity contribution is 6.47. The van der Waals surface area contributed by atoms with Gasteiger partial charge in [-0.1, -0.05) is 13.3 Å². The zero-order chi connectivity index (χ0) is 5.86. The van der Waals surface area contributed by atoms with Crippen molar-refractivity contribution in [3.63, 3.8) is 0 Å². The molecule has 0 aliphatic carbocycles. The molecular weight excluding hydrogens is 130 g/mol. The van der Waals surface area contributed by atoms with Gasteiger partial charge < -0.3 is 0 Å². The third kappa shape index (κ3) is 3.25. The summed E-state index contributed by atoms with van der Waals surface area (Å²) in [4.78, 5) is -0.190. The molecular formula is C4H9BCl2. The van der Waals surface area contributed by atoms with E-state index in [1.807, 2.05) is 7.85 Å². The quantitative estimate of drug-likeness (QED) is 0.402. The lowest BCUT2D eigenvalue weighted by Crippen LogP contribution is -1.98. The average molecular weight is 139 g/mol. The van der Waals surface area contributed by atoms with E-state index in [0.29, 0.717) is 5.82 Å². The maximum absolute atomic E-state index is 5.49. The summed E-state index contributed by atoms with van der Waals surface area (Å²) in [5, 5.41) is 0. The molecule has 0 fully saturated rings. The third-order valence-corrected chi connectivity index (χ3v) is 1.93. The van der Waals surface area contributed by atoms with Crippen molar-refractivity contribution < 1.29 is 0 Å². The first-order chi connectivity index (χ1) is 3.18. The topological polar surface area (TPSA) is 0 Å². The maximum Gasteiger partial charge on any atom is 0.108 e. The Labute approximate surface area is 55.6 Å². The Balaban J connectivity index is 3.14. The van der Waals surface area contributed by atoms with Crippen molar-refractivity contribution in [3.05, 3.63) is 0 Å². The zero-order valence-electron chi connectivity index (χ0n) is 4.62. The summed E-state index contributed by atoms with van der Waals surface area (Å²) in [5.74, 6) is 0.434. The van der Waals surface area contributed by atoms with E-state index < -0.39 is 0 Å². The van der Waals surface area contributed by atoms with Crippen molar-refractivity contribution in [2.75, 3.05) is 0 Å². The normalized spacial score (nSPS) is 14.9. The van der Waals surface area contributed by atoms with Crippen LogP contribution in [-0.2, 0) is 0 Å². The molecule has 0 aromatic heterocycles. The van der Waals surface area contributed by atoms with Crippen molar-refractivity contribution in [2.24, 2.45) is 0 Å². The van der Waals surface area contributed by atoms with E-state index in [0.717, 1.165) is 6.42 Å². The van der Waals surface area contributed by atoms with Gasteiger partial charge in [0.1, 0.15) is 12.7 Å². The molecule has 7 heavy (non-hydrogen) atoms. The minimum Gasteiger partial charge on any atom is -0.106 e. The molecule has 0 aliphatic rings. The molecule has 0 rings (SSSR count). The van der Waals surface area contributed by atoms with E-state index in [1.165, 1.54) is 0 Å². The summed E-state index contributed by atoms with van der Waals surface area (Å²) in [6, 6.07) is 0. The highest BCUT2D eigenvalue weighted by Crippen LogP contribution is 2.19. The maximum atomic E-state index is 5.49. The fourth-order valence-electron chi connectivity index (χ4n) is 0.178. The molecule has 1 atom stereocenters. The van der Waals surface area contributed by atoms with E-state index in [4.69, 9.17) is 23.2 Å². The number of hydrogen-bond donors (Lipinski definition) is 0. The van der Waals surface area contributed by atoms with Crippen LogP contribution in [0.4, 0.5) is 0 Å². The van der Waals surface area contributed by atoms with E-state index in [2.05, 4.69) is 6.92 Å². The van der Waals surface area contributed by atoms with Gasteiger partial charge in [-0.2, -0.15) is 0 Å². The number of rotatable bonds is 2. The van der Waals surface area contributed by atoms with E-state index >= 15 is 0 Å². The van der Waals surface area contributed by atoms with E-state index in [1.54, 1.807) is 0 Å². The monoisotopic (exact) mass is 138 g/mol. The highest BCUT2D eigenvalue weighted by Gasteiger charge is 2.06. The molecule has 42 valence electrons. The van der Waals surface area contributed by atoms with E-state index in [9.17, 15) is 0 Å². The molecule has 0 nitrogen and oxygen atoms in total. The van der Waals surface area contributed by atoms with Gasteiger partial charge in [0.25, 0.3) is 0 Å². The SMILES string of the molecule is B[C@H](CC)C(Cl)Cl. The minimum absolute atomic E-state index is 0.190. The molecule has 0 unspecified atom stereocenters. The Kier molecular flexibility index (Phi) is 3.96. The smallest absolute Gasteiger partial charge is 0.106 e. The summed E-state index contributed by atoms with van der Waals surface area (Å²) in [5.41, 5.74) is 0. The van der Waals surface area contributed by atoms with Crippen LogP contribution in [0.2, 0.25) is 5.82 Å². The fraction of sp³-hybridized carbons (Fsp3) is 1.00. The van der Waals surface area contributed by atoms with Crippen LogP contribution in [0.25, 0.3) is 0 Å². The third-order valence-electron chi connectivity index (χ3n) is 1.07. The fourth-order valence-corrected chi connectivity index (χ4v) is 0.535. The highest BCUT2D eigenvalue weighted by atomic mass is 35.5. The van der Waals surface area contributed by atoms with Crippen LogP contribution in [0.1, 0.15) is 13.3 Å². The lowest BCUT2D eigenvalue weighted by atomic mass is 9.87. The minimum atomic E-state index is -0.190. The summed E-state index contributed by atoms with van der Waals surface area (Å²) < 4.78 is 0. The van der Waals surface area contributed by atoms with Crippen LogP contribution in [0.3, 0.4) is 0 Å². The van der Waals surface area contributed by atoms with Crippen LogP contribution in [0, 0.1) is 0 Å². The second-order valence-corrected chi connectivity index (χ2v) is 2.88. The van der Waals surface area contributed by atoms with Crippen molar-refractivity contribution in [1.82, 2.24) is 0 Å². The molecule has 0 heterocycles. The number of halogens is 2. The Morgan fingerprint density at radius 2 is 2.00 bits per heavy atom. The molecule has 0 radical (unpaired) electrons. The van der Waals surface area contributed by atoms with Gasteiger partial charge in [-0.15, -0.1) is 23.2 Å². The molecule has 0 aromatic rings. The summed E-state index contributed by atoms with van der Waals surface area (Å²) in [6.07, 6.45) is 1.05. The Hall–Kier alpha value is 0.645. The first-order valence-corrected chi connectivity index (χ1v) is 3.34. The van der Waals surface area contributed by atoms with Gasteiger partial charge >= 0.3 is 0 Å². The number of alkyl halides is 2. The van der Waals surface area contributed by atoms with Gasteiger partial charge in [0.15, 0.2) is 0 Å². The molecule has 0 N–H and O–H groups in total. The van der Waals surface area contributed by atoms with Crippen molar-refractivity contribution in [2.45, 2.75) is 24.0 Å². The van der Waals surface area contributed by atoms with Crippen LogP contribution in [-0.4, -0.2) is 12.7 Å². The second kappa shape index (κ2) is 3.62. The molecule has 0 bridgehead atoms. The van der Waals surface area contributed by atoms with Crippen LogP contribution in [0.15, 0.2) is 0 Å². The van der Waals surface area contributed by atoms with Crippen molar-refractivity contribution in [3.8, 4) is 0 Å². The summed E-state index contributed by atoms with van der Waals surface area (Å²) in [7, 11) is 2.03. The predicted octanol–water partition coefficient (Wildman–Crippen LogP) is 1.62. The Morgan fingerprint density at radius 1 is 1.57 bits per heavy atom. The van der Waals surface area contributed by atoms with Crippen molar-refractivity contribution >= 4 is 31.0 Å². The van der Waals surface area contributed by atoms with Gasteiger partial charge in [0.2, 0.25) is 0 Å². The van der Waals surface area contributed by atoms with Gasteiger partial charge in [-0.05, 0) is 5.82 Å². The van der Waals surface area contributed by atoms with Gasteiger partial charge in [0, 0.05) is 0 Å². The molecule has 0 spiro atoms. The first-order valence-electron chi connectivity index (χ1n) is 2.46. The van der Waals surface area contributed by atoms with Gasteiger partial charge in [-0.3, -0.25) is 0 Å². The summed E-state index contributed by atoms with van der Waals surface area (Å²) in [6.45, 7) is 2.07. The largest absolute Gasteiger partial charge is 0.108 e. The van der Waals surface area contributed by atoms with E-state index in [-0.39, 0.29) is 4.84 Å². The molecule has 0 saturated carbocycles. The lowest BCUT2D eigenvalue weighted by molar-refractivity contribution is 0.854. The summed E-state index contributed by atoms with van der Waals surface area (Å²) >= 11 is 11.0. The first kappa shape index (κ1) is 7.64. The average Bonchev–Trinajstić information content (AvgIpc) is 1.65. The van der Waals surface area contributed by atoms with Gasteiger partial charge in [-0.25, -0.2) is 0 Å². The van der Waals surface area contributed by atoms with Crippen LogP contribution < -0.4 is 0 Å². The molecule has 3 heteroatoms. The van der Waals surface area contributed by atoms with Gasteiger partial charge in [0.05, 0.1) is 0 Å². The Bertz CT molecular complexity index is 47.0. The van der Waals surface area contributed by atoms with Crippen molar-refractivity contribution in [1.29, 1.82) is 0 Å². The van der Waals surface area contributed by atoms with Crippen LogP contribution >= 0.6 is 23.2 Å². The molecule has 0 saturated heterocycles.